The summed E-state index contributed by atoms with van der Waals surface area (Å²) in [4.78, 5) is 33.4. The molecule has 0 aliphatic carbocycles. The Morgan fingerprint density at radius 3 is 2.76 bits per heavy atom. The van der Waals surface area contributed by atoms with Gasteiger partial charge in [-0.1, -0.05) is 0 Å². The fourth-order valence-electron chi connectivity index (χ4n) is 3.23. The fraction of sp³-hybridized carbons (Fsp3) is 0.250. The summed E-state index contributed by atoms with van der Waals surface area (Å²) in [5, 5.41) is 2.77. The number of nitrogens with one attached hydrogen (secondary N) is 1. The maximum absolute atomic E-state index is 13.6. The van der Waals surface area contributed by atoms with Crippen molar-refractivity contribution in [3.05, 3.63) is 55.0 Å². The molecule has 4 rings (SSSR count). The molecule has 4 heterocycles. The molecule has 29 heavy (non-hydrogen) atoms. The van der Waals surface area contributed by atoms with Crippen LogP contribution in [0.2, 0.25) is 0 Å². The first-order valence-electron chi connectivity index (χ1n) is 9.29. The van der Waals surface area contributed by atoms with Crippen molar-refractivity contribution in [3.63, 3.8) is 0 Å². The normalized spacial score (nSPS) is 14.0. The summed E-state index contributed by atoms with van der Waals surface area (Å²) >= 11 is 0. The van der Waals surface area contributed by atoms with Gasteiger partial charge in [0, 0.05) is 44.3 Å². The third-order valence-electron chi connectivity index (χ3n) is 4.69. The van der Waals surface area contributed by atoms with Gasteiger partial charge < -0.3 is 4.90 Å². The molecule has 1 N–H and O–H groups in total. The van der Waals surface area contributed by atoms with Crippen molar-refractivity contribution in [1.82, 2.24) is 19.9 Å². The number of pyridine rings is 2. The Labute approximate surface area is 167 Å². The highest BCUT2D eigenvalue weighted by atomic mass is 19.1. The van der Waals surface area contributed by atoms with Gasteiger partial charge in [-0.15, -0.1) is 0 Å². The number of hydrogen-bond donors (Lipinski definition) is 1. The van der Waals surface area contributed by atoms with Crippen molar-refractivity contribution in [2.45, 2.75) is 12.8 Å². The van der Waals surface area contributed by atoms with Crippen molar-refractivity contribution in [1.29, 1.82) is 0 Å². The maximum atomic E-state index is 13.6. The second-order valence-electron chi connectivity index (χ2n) is 6.73. The summed E-state index contributed by atoms with van der Waals surface area (Å²) in [6.07, 6.45) is 9.00. The summed E-state index contributed by atoms with van der Waals surface area (Å²) in [6, 6.07) is 4.74. The highest BCUT2D eigenvalue weighted by molar-refractivity contribution is 6.02. The van der Waals surface area contributed by atoms with Crippen LogP contribution in [-0.4, -0.2) is 46.1 Å². The van der Waals surface area contributed by atoms with E-state index in [0.29, 0.717) is 29.4 Å². The van der Waals surface area contributed by atoms with E-state index in [1.807, 2.05) is 19.2 Å². The minimum atomic E-state index is -0.439. The van der Waals surface area contributed by atoms with Gasteiger partial charge in [0.2, 0.25) is 0 Å². The van der Waals surface area contributed by atoms with Crippen LogP contribution in [0.1, 0.15) is 12.8 Å². The number of carbonyl (C=O) groups is 1. The molecule has 148 valence electrons. The third kappa shape index (κ3) is 4.13. The largest absolute Gasteiger partial charge is 0.372 e. The Morgan fingerprint density at radius 2 is 1.97 bits per heavy atom. The molecule has 0 unspecified atom stereocenters. The number of rotatable bonds is 2. The van der Waals surface area contributed by atoms with Gasteiger partial charge in [-0.05, 0) is 31.0 Å². The van der Waals surface area contributed by atoms with Crippen LogP contribution in [0.25, 0.3) is 11.3 Å². The Balaban J connectivity index is 1.74. The van der Waals surface area contributed by atoms with Gasteiger partial charge in [0.15, 0.2) is 11.6 Å². The van der Waals surface area contributed by atoms with Crippen LogP contribution in [0, 0.1) is 5.82 Å². The number of hydrogen-bond acceptors (Lipinski definition) is 6. The minimum absolute atomic E-state index is 0.343. The highest BCUT2D eigenvalue weighted by Crippen LogP contribution is 2.32. The minimum Gasteiger partial charge on any atom is -0.372 e. The lowest BCUT2D eigenvalue weighted by Crippen LogP contribution is -2.39. The predicted octanol–water partition coefficient (Wildman–Crippen LogP) is 3.34. The monoisotopic (exact) mass is 393 g/mol. The summed E-state index contributed by atoms with van der Waals surface area (Å²) in [7, 11) is 1.97. The molecule has 3 aromatic heterocycles. The van der Waals surface area contributed by atoms with Crippen molar-refractivity contribution in [2.24, 2.45) is 0 Å². The van der Waals surface area contributed by atoms with Gasteiger partial charge in [-0.2, -0.15) is 0 Å². The van der Waals surface area contributed by atoms with E-state index in [4.69, 9.17) is 4.98 Å². The van der Waals surface area contributed by atoms with Crippen LogP contribution in [-0.2, 0) is 0 Å². The van der Waals surface area contributed by atoms with E-state index < -0.39 is 5.82 Å². The van der Waals surface area contributed by atoms with Crippen LogP contribution in [0.3, 0.4) is 0 Å². The predicted molar refractivity (Wildman–Crippen MR) is 108 cm³/mol. The van der Waals surface area contributed by atoms with Crippen LogP contribution in [0.15, 0.2) is 49.2 Å². The number of anilines is 3. The Hall–Kier alpha value is -3.62. The molecule has 3 aromatic rings. The average molecular weight is 393 g/mol. The molecule has 0 saturated heterocycles. The first-order valence-corrected chi connectivity index (χ1v) is 9.29. The number of amides is 2. The molecule has 1 aliphatic rings. The molecule has 8 nitrogen and oxygen atoms in total. The summed E-state index contributed by atoms with van der Waals surface area (Å²) in [5.41, 5.74) is 1.92. The zero-order valence-corrected chi connectivity index (χ0v) is 15.9. The third-order valence-corrected chi connectivity index (χ3v) is 4.69. The fourth-order valence-corrected chi connectivity index (χ4v) is 3.23. The number of aromatic nitrogens is 4. The second-order valence-corrected chi connectivity index (χ2v) is 6.73. The second kappa shape index (κ2) is 8.17. The van der Waals surface area contributed by atoms with E-state index in [0.717, 1.165) is 31.3 Å². The van der Waals surface area contributed by atoms with Gasteiger partial charge in [-0.3, -0.25) is 20.2 Å². The van der Waals surface area contributed by atoms with Gasteiger partial charge in [-0.25, -0.2) is 19.2 Å². The summed E-state index contributed by atoms with van der Waals surface area (Å²) in [5.74, 6) is 0.431. The van der Waals surface area contributed by atoms with Gasteiger partial charge >= 0.3 is 6.03 Å². The van der Waals surface area contributed by atoms with Crippen LogP contribution >= 0.6 is 0 Å². The van der Waals surface area contributed by atoms with Crippen LogP contribution in [0.4, 0.5) is 26.5 Å². The Morgan fingerprint density at radius 1 is 1.10 bits per heavy atom. The van der Waals surface area contributed by atoms with Gasteiger partial charge in [0.1, 0.15) is 5.82 Å². The molecule has 0 atom stereocenters. The molecule has 0 aromatic carbocycles. The van der Waals surface area contributed by atoms with Crippen molar-refractivity contribution < 1.29 is 9.18 Å². The molecular formula is C20H20FN7O. The molecule has 2 amide bonds. The topological polar surface area (TPSA) is 87.1 Å². The molecule has 0 fully saturated rings. The zero-order chi connectivity index (χ0) is 20.2. The number of carbonyl (C=O) groups excluding carboxylic acids is 1. The molecule has 1 aliphatic heterocycles. The smallest absolute Gasteiger partial charge is 0.328 e. The van der Waals surface area contributed by atoms with Crippen molar-refractivity contribution >= 4 is 23.4 Å². The first kappa shape index (κ1) is 18.7. The standard InChI is InChI=1S/C20H20FN7O/c1-27-8-2-3-9-28(20(29)26-18-13-22-6-7-24-18)19-17(27)5-4-16(25-19)14-10-15(21)12-23-11-14/h4-7,10-13H,2-3,8-9H2,1H3,(H,24,26,29). The molecule has 0 radical (unpaired) electrons. The first-order chi connectivity index (χ1) is 14.1. The number of urea groups is 1. The van der Waals surface area contributed by atoms with Crippen molar-refractivity contribution in [2.75, 3.05) is 35.3 Å². The zero-order valence-electron chi connectivity index (χ0n) is 15.9. The molecular weight excluding hydrogens is 373 g/mol. The highest BCUT2D eigenvalue weighted by Gasteiger charge is 2.25. The lowest BCUT2D eigenvalue weighted by atomic mass is 10.1. The SMILES string of the molecule is CN1CCCCN(C(=O)Nc2cnccn2)c2nc(-c3cncc(F)c3)ccc21. The lowest BCUT2D eigenvalue weighted by Gasteiger charge is -2.31. The van der Waals surface area contributed by atoms with Crippen LogP contribution in [0.5, 0.6) is 0 Å². The average Bonchev–Trinajstić information content (AvgIpc) is 2.72. The number of fused-ring (bicyclic) bond motifs is 1. The molecule has 0 spiro atoms. The van der Waals surface area contributed by atoms with E-state index in [2.05, 4.69) is 25.2 Å². The van der Waals surface area contributed by atoms with Gasteiger partial charge in [0.25, 0.3) is 0 Å². The van der Waals surface area contributed by atoms with E-state index in [1.54, 1.807) is 11.1 Å². The Bertz CT molecular complexity index is 1010. The van der Waals surface area contributed by atoms with E-state index in [1.165, 1.54) is 24.7 Å². The molecule has 9 heteroatoms. The lowest BCUT2D eigenvalue weighted by molar-refractivity contribution is 0.256. The van der Waals surface area contributed by atoms with E-state index in [-0.39, 0.29) is 6.03 Å². The summed E-state index contributed by atoms with van der Waals surface area (Å²) < 4.78 is 13.6. The maximum Gasteiger partial charge on any atom is 0.328 e. The quantitative estimate of drug-likeness (QED) is 0.719. The summed E-state index contributed by atoms with van der Waals surface area (Å²) in [6.45, 7) is 1.36. The Kier molecular flexibility index (Phi) is 5.28. The van der Waals surface area contributed by atoms with Crippen molar-refractivity contribution in [3.8, 4) is 11.3 Å². The molecule has 0 bridgehead atoms. The molecule has 0 saturated carbocycles. The van der Waals surface area contributed by atoms with E-state index >= 15 is 0 Å². The number of halogens is 1. The van der Waals surface area contributed by atoms with Gasteiger partial charge in [0.05, 0.1) is 23.8 Å². The van der Waals surface area contributed by atoms with Crippen LogP contribution < -0.4 is 15.1 Å². The van der Waals surface area contributed by atoms with E-state index in [9.17, 15) is 9.18 Å². The number of nitrogens with zero attached hydrogens (tertiary/aromatic N) is 6.